The largest absolute Gasteiger partial charge is 0.322 e. The van der Waals surface area contributed by atoms with Crippen LogP contribution in [0.2, 0.25) is 5.02 Å². The molecule has 0 saturated heterocycles. The third-order valence-electron chi connectivity index (χ3n) is 4.47. The van der Waals surface area contributed by atoms with Crippen LogP contribution in [0.15, 0.2) is 79.0 Å². The van der Waals surface area contributed by atoms with Crippen molar-refractivity contribution in [2.45, 2.75) is 6.92 Å². The highest BCUT2D eigenvalue weighted by atomic mass is 35.5. The maximum absolute atomic E-state index is 12.5. The van der Waals surface area contributed by atoms with E-state index in [1.807, 2.05) is 67.6 Å². The third-order valence-corrected chi connectivity index (χ3v) is 4.80. The lowest BCUT2D eigenvalue weighted by Gasteiger charge is -2.11. The highest BCUT2D eigenvalue weighted by molar-refractivity contribution is 6.33. The summed E-state index contributed by atoms with van der Waals surface area (Å²) in [6.07, 6.45) is 1.77. The minimum absolute atomic E-state index is 0.158. The van der Waals surface area contributed by atoms with Gasteiger partial charge in [0.25, 0.3) is 5.91 Å². The Morgan fingerprint density at radius 2 is 1.74 bits per heavy atom. The lowest BCUT2D eigenvalue weighted by Crippen LogP contribution is -2.11. The molecule has 1 aromatic heterocycles. The van der Waals surface area contributed by atoms with E-state index in [1.54, 1.807) is 18.3 Å². The van der Waals surface area contributed by atoms with Gasteiger partial charge in [0.2, 0.25) is 0 Å². The zero-order valence-electron chi connectivity index (χ0n) is 14.7. The molecular weight excluding hydrogens is 356 g/mol. The van der Waals surface area contributed by atoms with Gasteiger partial charge in [-0.05, 0) is 48.7 Å². The first-order valence-electron chi connectivity index (χ1n) is 8.63. The molecule has 0 spiro atoms. The third kappa shape index (κ3) is 3.55. The number of carbonyl (C=O) groups excluding carboxylic acids is 1. The summed E-state index contributed by atoms with van der Waals surface area (Å²) in [7, 11) is 0. The number of hydrogen-bond donors (Lipinski definition) is 1. The summed E-state index contributed by atoms with van der Waals surface area (Å²) >= 11 is 6.45. The summed E-state index contributed by atoms with van der Waals surface area (Å²) < 4.78 is 0. The molecule has 0 atom stereocenters. The molecule has 0 aliphatic heterocycles. The molecule has 1 amide bonds. The molecule has 27 heavy (non-hydrogen) atoms. The first kappa shape index (κ1) is 17.3. The summed E-state index contributed by atoms with van der Waals surface area (Å²) in [4.78, 5) is 17.0. The zero-order valence-corrected chi connectivity index (χ0v) is 15.5. The Kier molecular flexibility index (Phi) is 4.61. The summed E-state index contributed by atoms with van der Waals surface area (Å²) in [5.41, 5.74) is 3.98. The number of pyridine rings is 1. The van der Waals surface area contributed by atoms with Crippen molar-refractivity contribution in [2.75, 3.05) is 5.32 Å². The number of halogens is 1. The van der Waals surface area contributed by atoms with Gasteiger partial charge < -0.3 is 5.32 Å². The second kappa shape index (κ2) is 7.22. The average Bonchev–Trinajstić information content (AvgIpc) is 2.69. The van der Waals surface area contributed by atoms with E-state index >= 15 is 0 Å². The van der Waals surface area contributed by atoms with Crippen molar-refractivity contribution >= 4 is 34.0 Å². The second-order valence-corrected chi connectivity index (χ2v) is 6.80. The van der Waals surface area contributed by atoms with Crippen LogP contribution in [-0.4, -0.2) is 10.9 Å². The number of rotatable bonds is 3. The summed E-state index contributed by atoms with van der Waals surface area (Å²) in [5, 5.41) is 5.64. The molecule has 1 N–H and O–H groups in total. The molecule has 3 aromatic carbocycles. The SMILES string of the molecule is Cc1ccc(C(=O)Nc2ccc(Cl)c(-c3nccc4ccccc34)c2)cc1. The van der Waals surface area contributed by atoms with Gasteiger partial charge in [0.1, 0.15) is 0 Å². The minimum atomic E-state index is -0.158. The smallest absolute Gasteiger partial charge is 0.255 e. The number of benzene rings is 3. The van der Waals surface area contributed by atoms with Gasteiger partial charge in [-0.2, -0.15) is 0 Å². The molecule has 0 unspecified atom stereocenters. The van der Waals surface area contributed by atoms with Gasteiger partial charge in [0.15, 0.2) is 0 Å². The summed E-state index contributed by atoms with van der Waals surface area (Å²) in [6, 6.07) is 22.9. The van der Waals surface area contributed by atoms with Gasteiger partial charge in [-0.3, -0.25) is 9.78 Å². The topological polar surface area (TPSA) is 42.0 Å². The number of aromatic nitrogens is 1. The van der Waals surface area contributed by atoms with Crippen LogP contribution in [0.4, 0.5) is 5.69 Å². The van der Waals surface area contributed by atoms with E-state index < -0.39 is 0 Å². The fourth-order valence-electron chi connectivity index (χ4n) is 3.03. The van der Waals surface area contributed by atoms with Gasteiger partial charge in [-0.15, -0.1) is 0 Å². The lowest BCUT2D eigenvalue weighted by molar-refractivity contribution is 0.102. The second-order valence-electron chi connectivity index (χ2n) is 6.40. The number of fused-ring (bicyclic) bond motifs is 1. The Labute approximate surface area is 162 Å². The maximum atomic E-state index is 12.5. The van der Waals surface area contributed by atoms with Gasteiger partial charge in [-0.25, -0.2) is 0 Å². The lowest BCUT2D eigenvalue weighted by atomic mass is 10.0. The Balaban J connectivity index is 1.71. The molecule has 0 aliphatic rings. The van der Waals surface area contributed by atoms with Crippen molar-refractivity contribution in [1.29, 1.82) is 0 Å². The monoisotopic (exact) mass is 372 g/mol. The molecule has 3 nitrogen and oxygen atoms in total. The average molecular weight is 373 g/mol. The number of amides is 1. The zero-order chi connectivity index (χ0) is 18.8. The number of carbonyl (C=O) groups is 1. The van der Waals surface area contributed by atoms with Crippen LogP contribution in [0.5, 0.6) is 0 Å². The van der Waals surface area contributed by atoms with Crippen LogP contribution >= 0.6 is 11.6 Å². The molecule has 1 heterocycles. The van der Waals surface area contributed by atoms with E-state index in [0.29, 0.717) is 16.3 Å². The van der Waals surface area contributed by atoms with E-state index in [1.165, 1.54) is 0 Å². The molecule has 0 aliphatic carbocycles. The van der Waals surface area contributed by atoms with Crippen LogP contribution < -0.4 is 5.32 Å². The fraction of sp³-hybridized carbons (Fsp3) is 0.0435. The first-order valence-corrected chi connectivity index (χ1v) is 9.01. The maximum Gasteiger partial charge on any atom is 0.255 e. The number of anilines is 1. The van der Waals surface area contributed by atoms with Crippen molar-refractivity contribution in [2.24, 2.45) is 0 Å². The summed E-state index contributed by atoms with van der Waals surface area (Å²) in [5.74, 6) is -0.158. The number of nitrogens with zero attached hydrogens (tertiary/aromatic N) is 1. The number of hydrogen-bond acceptors (Lipinski definition) is 2. The van der Waals surface area contributed by atoms with Crippen molar-refractivity contribution in [1.82, 2.24) is 4.98 Å². The van der Waals surface area contributed by atoms with E-state index in [0.717, 1.165) is 27.6 Å². The first-order chi connectivity index (χ1) is 13.1. The molecule has 4 aromatic rings. The quantitative estimate of drug-likeness (QED) is 0.471. The molecule has 0 saturated carbocycles. The van der Waals surface area contributed by atoms with Crippen LogP contribution in [0.25, 0.3) is 22.0 Å². The van der Waals surface area contributed by atoms with Crippen LogP contribution in [0.3, 0.4) is 0 Å². The predicted octanol–water partition coefficient (Wildman–Crippen LogP) is 6.12. The van der Waals surface area contributed by atoms with E-state index in [9.17, 15) is 4.79 Å². The highest BCUT2D eigenvalue weighted by Crippen LogP contribution is 2.33. The standard InChI is InChI=1S/C23H17ClN2O/c1-15-6-8-17(9-7-15)23(27)26-18-10-11-21(24)20(14-18)22-19-5-3-2-4-16(19)12-13-25-22/h2-14H,1H3,(H,26,27). The number of nitrogens with one attached hydrogen (secondary N) is 1. The van der Waals surface area contributed by atoms with E-state index in [-0.39, 0.29) is 5.91 Å². The Hall–Kier alpha value is -3.17. The molecule has 132 valence electrons. The van der Waals surface area contributed by atoms with E-state index in [4.69, 9.17) is 11.6 Å². The Morgan fingerprint density at radius 3 is 2.56 bits per heavy atom. The van der Waals surface area contributed by atoms with Crippen molar-refractivity contribution < 1.29 is 4.79 Å². The van der Waals surface area contributed by atoms with Crippen molar-refractivity contribution in [3.05, 3.63) is 95.1 Å². The molecule has 0 radical (unpaired) electrons. The molecule has 4 heteroatoms. The van der Waals surface area contributed by atoms with Gasteiger partial charge in [-0.1, -0.05) is 53.6 Å². The van der Waals surface area contributed by atoms with Crippen molar-refractivity contribution in [3.8, 4) is 11.3 Å². The van der Waals surface area contributed by atoms with Gasteiger partial charge >= 0.3 is 0 Å². The Bertz CT molecular complexity index is 1130. The molecule has 0 bridgehead atoms. The fourth-order valence-corrected chi connectivity index (χ4v) is 3.23. The molecule has 4 rings (SSSR count). The van der Waals surface area contributed by atoms with Crippen LogP contribution in [-0.2, 0) is 0 Å². The molecule has 0 fully saturated rings. The van der Waals surface area contributed by atoms with Gasteiger partial charge in [0.05, 0.1) is 10.7 Å². The van der Waals surface area contributed by atoms with Crippen LogP contribution in [0.1, 0.15) is 15.9 Å². The minimum Gasteiger partial charge on any atom is -0.322 e. The van der Waals surface area contributed by atoms with Gasteiger partial charge in [0, 0.05) is 28.4 Å². The normalized spacial score (nSPS) is 10.7. The van der Waals surface area contributed by atoms with E-state index in [2.05, 4.69) is 10.3 Å². The van der Waals surface area contributed by atoms with Crippen molar-refractivity contribution in [3.63, 3.8) is 0 Å². The predicted molar refractivity (Wildman–Crippen MR) is 111 cm³/mol. The summed E-state index contributed by atoms with van der Waals surface area (Å²) in [6.45, 7) is 1.99. The number of aryl methyl sites for hydroxylation is 1. The Morgan fingerprint density at radius 1 is 0.963 bits per heavy atom. The molecular formula is C23H17ClN2O. The van der Waals surface area contributed by atoms with Crippen LogP contribution in [0, 0.1) is 6.92 Å². The highest BCUT2D eigenvalue weighted by Gasteiger charge is 2.12.